The highest BCUT2D eigenvalue weighted by molar-refractivity contribution is 5.99. The van der Waals surface area contributed by atoms with Crippen molar-refractivity contribution in [1.82, 2.24) is 0 Å². The summed E-state index contributed by atoms with van der Waals surface area (Å²) in [5.41, 5.74) is 1.71. The molecule has 4 heteroatoms. The maximum Gasteiger partial charge on any atom is 0.187 e. The summed E-state index contributed by atoms with van der Waals surface area (Å²) in [5.74, 6) is -2.13. The molecule has 2 aromatic rings. The third kappa shape index (κ3) is 2.66. The zero-order chi connectivity index (χ0) is 14.8. The third-order valence-corrected chi connectivity index (χ3v) is 3.78. The molecule has 21 heavy (non-hydrogen) atoms. The van der Waals surface area contributed by atoms with Crippen LogP contribution in [0.2, 0.25) is 0 Å². The van der Waals surface area contributed by atoms with E-state index in [4.69, 9.17) is 0 Å². The maximum atomic E-state index is 13.7. The van der Waals surface area contributed by atoms with E-state index in [1.807, 2.05) is 29.2 Å². The Morgan fingerprint density at radius 3 is 2.52 bits per heavy atom. The molecule has 0 radical (unpaired) electrons. The van der Waals surface area contributed by atoms with Gasteiger partial charge in [-0.3, -0.25) is 4.79 Å². The highest BCUT2D eigenvalue weighted by atomic mass is 19.1. The van der Waals surface area contributed by atoms with Crippen molar-refractivity contribution in [3.8, 4) is 0 Å². The molecule has 1 heterocycles. The molecule has 0 saturated carbocycles. The first-order valence-corrected chi connectivity index (χ1v) is 6.97. The Hall–Kier alpha value is -2.23. The summed E-state index contributed by atoms with van der Waals surface area (Å²) in [6, 6.07) is 11.3. The molecular formula is C17H15F2NO. The molecule has 3 rings (SSSR count). The number of fused-ring (bicyclic) bond motifs is 1. The van der Waals surface area contributed by atoms with E-state index >= 15 is 0 Å². The van der Waals surface area contributed by atoms with Crippen molar-refractivity contribution in [2.45, 2.75) is 12.8 Å². The molecular weight excluding hydrogens is 272 g/mol. The van der Waals surface area contributed by atoms with Gasteiger partial charge in [-0.25, -0.2) is 8.78 Å². The van der Waals surface area contributed by atoms with Crippen molar-refractivity contribution in [2.75, 3.05) is 18.0 Å². The largest absolute Gasteiger partial charge is 0.364 e. The van der Waals surface area contributed by atoms with Gasteiger partial charge in [-0.15, -0.1) is 0 Å². The van der Waals surface area contributed by atoms with Crippen LogP contribution in [0.5, 0.6) is 0 Å². The molecule has 0 spiro atoms. The van der Waals surface area contributed by atoms with E-state index in [0.717, 1.165) is 37.2 Å². The number of nitrogens with zero attached hydrogens (tertiary/aromatic N) is 1. The van der Waals surface area contributed by atoms with Gasteiger partial charge in [0.15, 0.2) is 5.78 Å². The van der Waals surface area contributed by atoms with Crippen LogP contribution in [0.1, 0.15) is 22.3 Å². The van der Waals surface area contributed by atoms with Gasteiger partial charge < -0.3 is 4.90 Å². The summed E-state index contributed by atoms with van der Waals surface area (Å²) < 4.78 is 27.3. The Labute approximate surface area is 122 Å². The molecule has 0 amide bonds. The lowest BCUT2D eigenvalue weighted by Gasteiger charge is -2.30. The Balaban J connectivity index is 1.86. The number of Topliss-reactive ketones (excluding diaryl/α,β-unsaturated/α-hetero) is 1. The van der Waals surface area contributed by atoms with Crippen LogP contribution in [0.3, 0.4) is 0 Å². The lowest BCUT2D eigenvalue weighted by Crippen LogP contribution is -2.34. The Morgan fingerprint density at radius 1 is 1.05 bits per heavy atom. The fraction of sp³-hybridized carbons (Fsp3) is 0.235. The van der Waals surface area contributed by atoms with Gasteiger partial charge in [-0.2, -0.15) is 0 Å². The van der Waals surface area contributed by atoms with Gasteiger partial charge in [-0.1, -0.05) is 24.3 Å². The van der Waals surface area contributed by atoms with E-state index in [-0.39, 0.29) is 6.54 Å². The highest BCUT2D eigenvalue weighted by Crippen LogP contribution is 2.27. The van der Waals surface area contributed by atoms with E-state index in [1.54, 1.807) is 0 Å². The van der Waals surface area contributed by atoms with E-state index in [9.17, 15) is 13.6 Å². The standard InChI is InChI=1S/C17H15F2NO/c18-13-7-3-8-14(19)17(13)16(21)11-20-10-4-6-12-5-1-2-9-15(12)20/h1-3,5,7-9H,4,6,10-11H2. The highest BCUT2D eigenvalue weighted by Gasteiger charge is 2.23. The first kappa shape index (κ1) is 13.7. The lowest BCUT2D eigenvalue weighted by molar-refractivity contribution is 0.0990. The van der Waals surface area contributed by atoms with Gasteiger partial charge in [0.2, 0.25) is 0 Å². The van der Waals surface area contributed by atoms with E-state index in [2.05, 4.69) is 0 Å². The topological polar surface area (TPSA) is 20.3 Å². The fourth-order valence-corrected chi connectivity index (χ4v) is 2.79. The number of aryl methyl sites for hydroxylation is 1. The van der Waals surface area contributed by atoms with Crippen LogP contribution < -0.4 is 4.90 Å². The van der Waals surface area contributed by atoms with Gasteiger partial charge in [0.1, 0.15) is 11.6 Å². The third-order valence-electron chi connectivity index (χ3n) is 3.78. The number of hydrogen-bond donors (Lipinski definition) is 0. The van der Waals surface area contributed by atoms with Gasteiger partial charge in [0.25, 0.3) is 0 Å². The summed E-state index contributed by atoms with van der Waals surface area (Å²) in [4.78, 5) is 14.1. The summed E-state index contributed by atoms with van der Waals surface area (Å²) in [6.45, 7) is 0.716. The number of hydrogen-bond acceptors (Lipinski definition) is 2. The number of para-hydroxylation sites is 1. The summed E-state index contributed by atoms with van der Waals surface area (Å²) in [7, 11) is 0. The number of carbonyl (C=O) groups is 1. The number of ketones is 1. The average Bonchev–Trinajstić information content (AvgIpc) is 2.47. The Kier molecular flexibility index (Phi) is 3.69. The minimum absolute atomic E-state index is 0.00509. The van der Waals surface area contributed by atoms with Gasteiger partial charge >= 0.3 is 0 Å². The van der Waals surface area contributed by atoms with Crippen molar-refractivity contribution in [3.05, 3.63) is 65.2 Å². The van der Waals surface area contributed by atoms with Gasteiger partial charge in [-0.05, 0) is 36.6 Å². The van der Waals surface area contributed by atoms with Crippen molar-refractivity contribution < 1.29 is 13.6 Å². The summed E-state index contributed by atoms with van der Waals surface area (Å²) in [5, 5.41) is 0. The number of benzene rings is 2. The number of carbonyl (C=O) groups excluding carboxylic acids is 1. The van der Waals surface area contributed by atoms with Crippen LogP contribution in [0.4, 0.5) is 14.5 Å². The fourth-order valence-electron chi connectivity index (χ4n) is 2.79. The molecule has 0 fully saturated rings. The second-order valence-electron chi connectivity index (χ2n) is 5.17. The molecule has 1 aliphatic rings. The quantitative estimate of drug-likeness (QED) is 0.804. The predicted molar refractivity (Wildman–Crippen MR) is 77.7 cm³/mol. The Bertz CT molecular complexity index is 664. The maximum absolute atomic E-state index is 13.7. The van der Waals surface area contributed by atoms with E-state index < -0.39 is 23.0 Å². The molecule has 0 aliphatic carbocycles. The first-order chi connectivity index (χ1) is 10.2. The van der Waals surface area contributed by atoms with Gasteiger partial charge in [0, 0.05) is 12.2 Å². The molecule has 2 aromatic carbocycles. The van der Waals surface area contributed by atoms with Crippen LogP contribution >= 0.6 is 0 Å². The molecule has 1 aliphatic heterocycles. The normalized spacial score (nSPS) is 13.9. The smallest absolute Gasteiger partial charge is 0.187 e. The predicted octanol–water partition coefficient (Wildman–Crippen LogP) is 3.60. The SMILES string of the molecule is O=C(CN1CCCc2ccccc21)c1c(F)cccc1F. The van der Waals surface area contributed by atoms with Crippen molar-refractivity contribution >= 4 is 11.5 Å². The van der Waals surface area contributed by atoms with Crippen molar-refractivity contribution in [2.24, 2.45) is 0 Å². The molecule has 0 saturated heterocycles. The molecule has 0 bridgehead atoms. The van der Waals surface area contributed by atoms with E-state index in [1.165, 1.54) is 11.6 Å². The van der Waals surface area contributed by atoms with Crippen molar-refractivity contribution in [1.29, 1.82) is 0 Å². The number of halogens is 2. The molecule has 0 N–H and O–H groups in total. The molecule has 108 valence electrons. The molecule has 0 aromatic heterocycles. The second-order valence-corrected chi connectivity index (χ2v) is 5.17. The van der Waals surface area contributed by atoms with Crippen LogP contribution in [-0.2, 0) is 6.42 Å². The Morgan fingerprint density at radius 2 is 1.76 bits per heavy atom. The molecule has 0 unspecified atom stereocenters. The van der Waals surface area contributed by atoms with Crippen molar-refractivity contribution in [3.63, 3.8) is 0 Å². The number of anilines is 1. The van der Waals surface area contributed by atoms with E-state index in [0.29, 0.717) is 0 Å². The number of rotatable bonds is 3. The van der Waals surface area contributed by atoms with Crippen LogP contribution in [0, 0.1) is 11.6 Å². The zero-order valence-corrected chi connectivity index (χ0v) is 11.5. The zero-order valence-electron chi connectivity index (χ0n) is 11.5. The summed E-state index contributed by atoms with van der Waals surface area (Å²) >= 11 is 0. The molecule has 0 atom stereocenters. The lowest BCUT2D eigenvalue weighted by atomic mass is 10.0. The monoisotopic (exact) mass is 287 g/mol. The van der Waals surface area contributed by atoms with Crippen LogP contribution in [-0.4, -0.2) is 18.9 Å². The minimum Gasteiger partial charge on any atom is -0.364 e. The van der Waals surface area contributed by atoms with Gasteiger partial charge in [0.05, 0.1) is 12.1 Å². The first-order valence-electron chi connectivity index (χ1n) is 6.97. The molecule has 2 nitrogen and oxygen atoms in total. The average molecular weight is 287 g/mol. The van der Waals surface area contributed by atoms with Crippen LogP contribution in [0.25, 0.3) is 0 Å². The second kappa shape index (κ2) is 5.64. The summed E-state index contributed by atoms with van der Waals surface area (Å²) in [6.07, 6.45) is 1.90. The van der Waals surface area contributed by atoms with Crippen LogP contribution in [0.15, 0.2) is 42.5 Å². The minimum atomic E-state index is -0.801.